The van der Waals surface area contributed by atoms with Crippen molar-refractivity contribution in [3.63, 3.8) is 0 Å². The highest BCUT2D eigenvalue weighted by molar-refractivity contribution is 7.92. The molecule has 0 saturated heterocycles. The highest BCUT2D eigenvalue weighted by Gasteiger charge is 2.21. The molecule has 0 saturated carbocycles. The predicted molar refractivity (Wildman–Crippen MR) is 108 cm³/mol. The Hall–Kier alpha value is -2.54. The number of sulfonamides is 1. The van der Waals surface area contributed by atoms with Crippen LogP contribution in [0.3, 0.4) is 0 Å². The van der Waals surface area contributed by atoms with Crippen LogP contribution in [0.25, 0.3) is 0 Å². The van der Waals surface area contributed by atoms with Gasteiger partial charge in [0.1, 0.15) is 18.9 Å². The van der Waals surface area contributed by atoms with Crippen LogP contribution in [0.15, 0.2) is 42.5 Å². The quantitative estimate of drug-likeness (QED) is 0.703. The average Bonchev–Trinajstić information content (AvgIpc) is 2.56. The highest BCUT2D eigenvalue weighted by atomic mass is 32.2. The summed E-state index contributed by atoms with van der Waals surface area (Å²) in [5.74, 6) is 0.382. The first-order valence-electron chi connectivity index (χ1n) is 8.68. The molecule has 0 aromatic heterocycles. The number of hydrogen-bond acceptors (Lipinski definition) is 4. The number of nitrogens with zero attached hydrogens (tertiary/aromatic N) is 1. The number of rotatable bonds is 8. The average molecular weight is 391 g/mol. The van der Waals surface area contributed by atoms with Gasteiger partial charge in [-0.1, -0.05) is 24.3 Å². The number of carbonyl (C=O) groups is 1. The number of benzene rings is 2. The second-order valence-corrected chi connectivity index (χ2v) is 8.49. The molecule has 0 atom stereocenters. The minimum Gasteiger partial charge on any atom is -0.491 e. The van der Waals surface area contributed by atoms with E-state index in [-0.39, 0.29) is 19.0 Å². The van der Waals surface area contributed by atoms with Gasteiger partial charge in [0.2, 0.25) is 15.9 Å². The smallest absolute Gasteiger partial charge is 0.240 e. The number of para-hydroxylation sites is 1. The van der Waals surface area contributed by atoms with Gasteiger partial charge in [0.05, 0.1) is 18.5 Å². The van der Waals surface area contributed by atoms with Crippen LogP contribution in [0.5, 0.6) is 5.75 Å². The molecule has 0 radical (unpaired) electrons. The van der Waals surface area contributed by atoms with E-state index in [2.05, 4.69) is 5.32 Å². The van der Waals surface area contributed by atoms with Crippen molar-refractivity contribution in [2.45, 2.75) is 20.8 Å². The molecule has 0 fully saturated rings. The van der Waals surface area contributed by atoms with E-state index < -0.39 is 10.0 Å². The SMILES string of the molecule is Cc1cc(C)cc(N(CC(=O)NCCOc2ccccc2C)S(C)(=O)=O)c1. The summed E-state index contributed by atoms with van der Waals surface area (Å²) >= 11 is 0. The van der Waals surface area contributed by atoms with E-state index in [1.54, 1.807) is 12.1 Å². The zero-order chi connectivity index (χ0) is 20.0. The van der Waals surface area contributed by atoms with Crippen molar-refractivity contribution in [1.29, 1.82) is 0 Å². The summed E-state index contributed by atoms with van der Waals surface area (Å²) in [5.41, 5.74) is 3.37. The van der Waals surface area contributed by atoms with Crippen molar-refractivity contribution in [1.82, 2.24) is 5.32 Å². The van der Waals surface area contributed by atoms with Crippen LogP contribution >= 0.6 is 0 Å². The first-order valence-corrected chi connectivity index (χ1v) is 10.5. The monoisotopic (exact) mass is 390 g/mol. The fraction of sp³-hybridized carbons (Fsp3) is 0.350. The summed E-state index contributed by atoms with van der Waals surface area (Å²) in [6, 6.07) is 13.1. The van der Waals surface area contributed by atoms with Gasteiger partial charge in [-0.25, -0.2) is 8.42 Å². The summed E-state index contributed by atoms with van der Waals surface area (Å²) in [6.07, 6.45) is 1.10. The van der Waals surface area contributed by atoms with Crippen LogP contribution in [0.2, 0.25) is 0 Å². The first kappa shape index (κ1) is 20.8. The van der Waals surface area contributed by atoms with Crippen molar-refractivity contribution in [2.75, 3.05) is 30.3 Å². The van der Waals surface area contributed by atoms with Crippen LogP contribution in [0.4, 0.5) is 5.69 Å². The fourth-order valence-corrected chi connectivity index (χ4v) is 3.59. The number of carbonyl (C=O) groups excluding carboxylic acids is 1. The van der Waals surface area contributed by atoms with Crippen LogP contribution in [-0.4, -0.2) is 40.3 Å². The molecule has 146 valence electrons. The van der Waals surface area contributed by atoms with Crippen LogP contribution in [0.1, 0.15) is 16.7 Å². The fourth-order valence-electron chi connectivity index (χ4n) is 2.75. The summed E-state index contributed by atoms with van der Waals surface area (Å²) in [5, 5.41) is 2.70. The maximum absolute atomic E-state index is 12.2. The maximum Gasteiger partial charge on any atom is 0.240 e. The van der Waals surface area contributed by atoms with Gasteiger partial charge in [-0.05, 0) is 55.7 Å². The molecule has 0 bridgehead atoms. The molecule has 1 N–H and O–H groups in total. The van der Waals surface area contributed by atoms with Gasteiger partial charge >= 0.3 is 0 Å². The van der Waals surface area contributed by atoms with E-state index in [0.717, 1.165) is 33.0 Å². The summed E-state index contributed by atoms with van der Waals surface area (Å²) in [6.45, 7) is 6.05. The number of aryl methyl sites for hydroxylation is 3. The van der Waals surface area contributed by atoms with Crippen LogP contribution in [0, 0.1) is 20.8 Å². The third-order valence-electron chi connectivity index (χ3n) is 3.96. The molecule has 0 heterocycles. The van der Waals surface area contributed by atoms with Gasteiger partial charge in [-0.2, -0.15) is 0 Å². The lowest BCUT2D eigenvalue weighted by Gasteiger charge is -2.23. The van der Waals surface area contributed by atoms with Crippen molar-refractivity contribution in [2.24, 2.45) is 0 Å². The Kier molecular flexibility index (Phi) is 6.85. The van der Waals surface area contributed by atoms with Gasteiger partial charge < -0.3 is 10.1 Å². The Morgan fingerprint density at radius 1 is 1.07 bits per heavy atom. The van der Waals surface area contributed by atoms with Crippen LogP contribution < -0.4 is 14.4 Å². The van der Waals surface area contributed by atoms with Gasteiger partial charge in [0, 0.05) is 0 Å². The van der Waals surface area contributed by atoms with E-state index in [1.165, 1.54) is 0 Å². The highest BCUT2D eigenvalue weighted by Crippen LogP contribution is 2.21. The normalized spacial score (nSPS) is 11.1. The second-order valence-electron chi connectivity index (χ2n) is 6.58. The molecular formula is C20H26N2O4S. The lowest BCUT2D eigenvalue weighted by molar-refractivity contribution is -0.119. The second kappa shape index (κ2) is 8.90. The van der Waals surface area contributed by atoms with Crippen molar-refractivity contribution in [3.05, 3.63) is 59.2 Å². The summed E-state index contributed by atoms with van der Waals surface area (Å²) in [7, 11) is -3.58. The zero-order valence-corrected chi connectivity index (χ0v) is 17.0. The van der Waals surface area contributed by atoms with Gasteiger partial charge in [-0.15, -0.1) is 0 Å². The minimum atomic E-state index is -3.58. The number of ether oxygens (including phenoxy) is 1. The first-order chi connectivity index (χ1) is 12.7. The Labute approximate surface area is 161 Å². The summed E-state index contributed by atoms with van der Waals surface area (Å²) < 4.78 is 31.1. The number of nitrogens with one attached hydrogen (secondary N) is 1. The van der Waals surface area contributed by atoms with Gasteiger partial charge in [0.15, 0.2) is 0 Å². The Bertz CT molecular complexity index is 890. The molecule has 0 aliphatic rings. The van der Waals surface area contributed by atoms with E-state index >= 15 is 0 Å². The molecule has 1 amide bonds. The minimum absolute atomic E-state index is 0.272. The lowest BCUT2D eigenvalue weighted by atomic mass is 10.1. The van der Waals surface area contributed by atoms with Crippen molar-refractivity contribution in [3.8, 4) is 5.75 Å². The zero-order valence-electron chi connectivity index (χ0n) is 16.2. The largest absolute Gasteiger partial charge is 0.491 e. The number of hydrogen-bond donors (Lipinski definition) is 1. The Balaban J connectivity index is 1.95. The Morgan fingerprint density at radius 3 is 2.30 bits per heavy atom. The molecule has 0 aliphatic carbocycles. The van der Waals surface area contributed by atoms with E-state index in [9.17, 15) is 13.2 Å². The maximum atomic E-state index is 12.2. The Morgan fingerprint density at radius 2 is 1.70 bits per heavy atom. The molecule has 0 spiro atoms. The predicted octanol–water partition coefficient (Wildman–Crippen LogP) is 2.57. The lowest BCUT2D eigenvalue weighted by Crippen LogP contribution is -2.41. The molecule has 2 aromatic carbocycles. The molecule has 0 aliphatic heterocycles. The van der Waals surface area contributed by atoms with Crippen molar-refractivity contribution >= 4 is 21.6 Å². The van der Waals surface area contributed by atoms with E-state index in [1.807, 2.05) is 51.1 Å². The van der Waals surface area contributed by atoms with E-state index in [4.69, 9.17) is 4.74 Å². The van der Waals surface area contributed by atoms with Crippen LogP contribution in [-0.2, 0) is 14.8 Å². The van der Waals surface area contributed by atoms with Gasteiger partial charge in [-0.3, -0.25) is 9.10 Å². The molecule has 7 heteroatoms. The standard InChI is InChI=1S/C20H26N2O4S/c1-15-11-16(2)13-18(12-15)22(27(4,24)25)14-20(23)21-9-10-26-19-8-6-5-7-17(19)3/h5-8,11-13H,9-10,14H2,1-4H3,(H,21,23). The summed E-state index contributed by atoms with van der Waals surface area (Å²) in [4.78, 5) is 12.2. The molecule has 6 nitrogen and oxygen atoms in total. The van der Waals surface area contributed by atoms with Crippen molar-refractivity contribution < 1.29 is 17.9 Å². The molecule has 27 heavy (non-hydrogen) atoms. The topological polar surface area (TPSA) is 75.7 Å². The third kappa shape index (κ3) is 6.29. The third-order valence-corrected chi connectivity index (χ3v) is 5.10. The molecule has 2 rings (SSSR count). The molecular weight excluding hydrogens is 364 g/mol. The number of amides is 1. The number of anilines is 1. The van der Waals surface area contributed by atoms with E-state index in [0.29, 0.717) is 12.3 Å². The van der Waals surface area contributed by atoms with Gasteiger partial charge in [0.25, 0.3) is 0 Å². The molecule has 2 aromatic rings. The molecule has 0 unspecified atom stereocenters.